The number of fused-ring (bicyclic) bond motifs is 1. The Kier molecular flexibility index (Phi) is 8.55. The molecule has 0 radical (unpaired) electrons. The second kappa shape index (κ2) is 11.8. The normalized spacial score (nSPS) is 19.5. The number of halogens is 2. The second-order valence-corrected chi connectivity index (χ2v) is 9.49. The van der Waals surface area contributed by atoms with Crippen LogP contribution in [-0.4, -0.2) is 65.8 Å². The summed E-state index contributed by atoms with van der Waals surface area (Å²) >= 11 is 0. The molecule has 37 heavy (non-hydrogen) atoms. The molecule has 4 rings (SSSR count). The van der Waals surface area contributed by atoms with Gasteiger partial charge in [-0.1, -0.05) is 18.9 Å². The molecule has 2 amide bonds. The van der Waals surface area contributed by atoms with E-state index in [-0.39, 0.29) is 35.3 Å². The molecule has 3 N–H and O–H groups in total. The first-order valence-electron chi connectivity index (χ1n) is 12.5. The molecule has 2 atom stereocenters. The lowest BCUT2D eigenvalue weighted by molar-refractivity contribution is 0.0455. The maximum absolute atomic E-state index is 13.9. The molecule has 11 heteroatoms. The van der Waals surface area contributed by atoms with Gasteiger partial charge in [0.15, 0.2) is 11.4 Å². The van der Waals surface area contributed by atoms with Crippen molar-refractivity contribution in [3.8, 4) is 5.75 Å². The number of ether oxygens (including phenoxy) is 1. The number of hydrogen-bond donors (Lipinski definition) is 3. The fraction of sp³-hybridized carbons (Fsp3) is 0.500. The van der Waals surface area contributed by atoms with Gasteiger partial charge >= 0.3 is 0 Å². The number of carbonyl (C=O) groups is 2. The zero-order valence-corrected chi connectivity index (χ0v) is 20.8. The average Bonchev–Trinajstić information content (AvgIpc) is 2.88. The van der Waals surface area contributed by atoms with Crippen LogP contribution in [0.4, 0.5) is 8.78 Å². The van der Waals surface area contributed by atoms with Gasteiger partial charge in [-0.05, 0) is 24.8 Å². The van der Waals surface area contributed by atoms with E-state index in [1.807, 2.05) is 0 Å². The maximum Gasteiger partial charge on any atom is 0.274 e. The Morgan fingerprint density at radius 2 is 1.97 bits per heavy atom. The first-order valence-corrected chi connectivity index (χ1v) is 12.5. The quantitative estimate of drug-likeness (QED) is 0.438. The van der Waals surface area contributed by atoms with Crippen molar-refractivity contribution in [2.75, 3.05) is 33.4 Å². The zero-order valence-electron chi connectivity index (χ0n) is 20.8. The Hall–Kier alpha value is -3.31. The van der Waals surface area contributed by atoms with E-state index in [4.69, 9.17) is 4.74 Å². The largest absolute Gasteiger partial charge is 0.503 e. The lowest BCUT2D eigenvalue weighted by atomic mass is 9.83. The van der Waals surface area contributed by atoms with Crippen molar-refractivity contribution in [3.05, 3.63) is 63.1 Å². The Morgan fingerprint density at radius 1 is 1.19 bits per heavy atom. The zero-order chi connectivity index (χ0) is 26.5. The van der Waals surface area contributed by atoms with E-state index in [1.165, 1.54) is 16.8 Å². The smallest absolute Gasteiger partial charge is 0.274 e. The molecule has 0 bridgehead atoms. The number of pyridine rings is 1. The van der Waals surface area contributed by atoms with Gasteiger partial charge in [0, 0.05) is 63.7 Å². The number of benzene rings is 1. The minimum atomic E-state index is -0.972. The van der Waals surface area contributed by atoms with Crippen LogP contribution >= 0.6 is 0 Å². The third-order valence-corrected chi connectivity index (χ3v) is 7.16. The summed E-state index contributed by atoms with van der Waals surface area (Å²) in [4.78, 5) is 40.8. The molecule has 1 saturated carbocycles. The Bertz CT molecular complexity index is 1220. The predicted molar refractivity (Wildman–Crippen MR) is 131 cm³/mol. The Balaban J connectivity index is 1.50. The molecule has 0 saturated heterocycles. The lowest BCUT2D eigenvalue weighted by Gasteiger charge is -2.42. The molecule has 2 unspecified atom stereocenters. The summed E-state index contributed by atoms with van der Waals surface area (Å²) in [6.07, 6.45) is 5.15. The van der Waals surface area contributed by atoms with E-state index in [2.05, 4.69) is 10.6 Å². The lowest BCUT2D eigenvalue weighted by Crippen LogP contribution is -2.53. The van der Waals surface area contributed by atoms with Crippen molar-refractivity contribution in [3.63, 3.8) is 0 Å². The van der Waals surface area contributed by atoms with Gasteiger partial charge in [0.05, 0.1) is 6.61 Å². The molecular weight excluding hydrogens is 486 g/mol. The number of nitrogens with one attached hydrogen (secondary N) is 2. The van der Waals surface area contributed by atoms with E-state index >= 15 is 0 Å². The number of nitrogens with zero attached hydrogens (tertiary/aromatic N) is 2. The molecular formula is C26H32F2N4O5. The van der Waals surface area contributed by atoms with Gasteiger partial charge in [-0.3, -0.25) is 14.4 Å². The number of aromatic hydroxyl groups is 1. The van der Waals surface area contributed by atoms with E-state index in [0.29, 0.717) is 32.3 Å². The van der Waals surface area contributed by atoms with Gasteiger partial charge in [0.2, 0.25) is 5.43 Å². The molecule has 1 aromatic carbocycles. The first-order chi connectivity index (χ1) is 17.8. The van der Waals surface area contributed by atoms with Crippen molar-refractivity contribution in [2.24, 2.45) is 5.92 Å². The molecule has 0 spiro atoms. The van der Waals surface area contributed by atoms with Crippen LogP contribution < -0.4 is 16.1 Å². The number of methoxy groups -OCH3 is 1. The number of amides is 2. The third kappa shape index (κ3) is 5.83. The number of aromatic nitrogens is 1. The van der Waals surface area contributed by atoms with Gasteiger partial charge in [0.25, 0.3) is 11.8 Å². The maximum atomic E-state index is 13.9. The van der Waals surface area contributed by atoms with Crippen molar-refractivity contribution in [1.29, 1.82) is 0 Å². The summed E-state index contributed by atoms with van der Waals surface area (Å²) < 4.78 is 33.5. The molecule has 1 aromatic heterocycles. The summed E-state index contributed by atoms with van der Waals surface area (Å²) in [5.74, 6) is -3.37. The second-order valence-electron chi connectivity index (χ2n) is 9.49. The SMILES string of the molecule is COCCNCC1CCCCC1N1CCn2cc(C(=O)NCc3ccc(F)cc3F)c(=O)c(O)c2C1=O. The summed E-state index contributed by atoms with van der Waals surface area (Å²) in [6.45, 7) is 2.47. The minimum Gasteiger partial charge on any atom is -0.503 e. The number of hydrogen-bond acceptors (Lipinski definition) is 6. The Labute approximate surface area is 213 Å². The minimum absolute atomic E-state index is 0.0203. The Morgan fingerprint density at radius 3 is 2.73 bits per heavy atom. The summed E-state index contributed by atoms with van der Waals surface area (Å²) in [5.41, 5.74) is -1.42. The molecule has 9 nitrogen and oxygen atoms in total. The van der Waals surface area contributed by atoms with Crippen LogP contribution in [0.15, 0.2) is 29.2 Å². The molecule has 1 fully saturated rings. The predicted octanol–water partition coefficient (Wildman–Crippen LogP) is 2.01. The molecule has 200 valence electrons. The number of carbonyl (C=O) groups excluding carboxylic acids is 2. The fourth-order valence-corrected chi connectivity index (χ4v) is 5.22. The number of rotatable bonds is 9. The van der Waals surface area contributed by atoms with E-state index in [1.54, 1.807) is 12.0 Å². The standard InChI is InChI=1S/C26H32F2N4O5/c1-37-11-8-29-13-17-4-2-3-5-21(17)32-10-9-31-15-19(23(33)24(34)22(31)26(32)36)25(35)30-14-16-6-7-18(27)12-20(16)28/h6-7,12,15,17,21,29,34H,2-5,8-11,13-14H2,1H3,(H,30,35). The van der Waals surface area contributed by atoms with Crippen LogP contribution in [0, 0.1) is 17.6 Å². The highest BCUT2D eigenvalue weighted by Gasteiger charge is 2.38. The molecule has 2 aliphatic rings. The van der Waals surface area contributed by atoms with Gasteiger partial charge in [-0.25, -0.2) is 8.78 Å². The van der Waals surface area contributed by atoms with Crippen molar-refractivity contribution in [2.45, 2.75) is 44.8 Å². The molecule has 1 aliphatic heterocycles. The van der Waals surface area contributed by atoms with Crippen molar-refractivity contribution < 1.29 is 28.2 Å². The van der Waals surface area contributed by atoms with Crippen LogP contribution in [-0.2, 0) is 17.8 Å². The van der Waals surface area contributed by atoms with Crippen molar-refractivity contribution >= 4 is 11.8 Å². The van der Waals surface area contributed by atoms with E-state index in [0.717, 1.165) is 38.3 Å². The third-order valence-electron chi connectivity index (χ3n) is 7.16. The fourth-order valence-electron chi connectivity index (χ4n) is 5.22. The van der Waals surface area contributed by atoms with E-state index in [9.17, 15) is 28.3 Å². The highest BCUT2D eigenvalue weighted by atomic mass is 19.1. The van der Waals surface area contributed by atoms with Crippen LogP contribution in [0.2, 0.25) is 0 Å². The highest BCUT2D eigenvalue weighted by Crippen LogP contribution is 2.32. The van der Waals surface area contributed by atoms with Gasteiger partial charge < -0.3 is 29.9 Å². The van der Waals surface area contributed by atoms with Crippen LogP contribution in [0.3, 0.4) is 0 Å². The van der Waals surface area contributed by atoms with Gasteiger partial charge in [-0.15, -0.1) is 0 Å². The summed E-state index contributed by atoms with van der Waals surface area (Å²) in [5, 5.41) is 16.5. The summed E-state index contributed by atoms with van der Waals surface area (Å²) in [7, 11) is 1.64. The molecule has 2 aromatic rings. The first kappa shape index (κ1) is 26.7. The molecule has 2 heterocycles. The van der Waals surface area contributed by atoms with E-state index < -0.39 is 34.6 Å². The topological polar surface area (TPSA) is 113 Å². The van der Waals surface area contributed by atoms with Crippen molar-refractivity contribution in [1.82, 2.24) is 20.1 Å². The van der Waals surface area contributed by atoms with Gasteiger partial charge in [0.1, 0.15) is 17.2 Å². The average molecular weight is 519 g/mol. The highest BCUT2D eigenvalue weighted by molar-refractivity contribution is 5.99. The molecule has 1 aliphatic carbocycles. The van der Waals surface area contributed by atoms with Crippen LogP contribution in [0.1, 0.15) is 52.1 Å². The monoisotopic (exact) mass is 518 g/mol. The van der Waals surface area contributed by atoms with Crippen LogP contribution in [0.5, 0.6) is 5.75 Å². The summed E-state index contributed by atoms with van der Waals surface area (Å²) in [6, 6.07) is 2.94. The van der Waals surface area contributed by atoms with Gasteiger partial charge in [-0.2, -0.15) is 0 Å². The van der Waals surface area contributed by atoms with Crippen LogP contribution in [0.25, 0.3) is 0 Å².